The highest BCUT2D eigenvalue weighted by molar-refractivity contribution is 5.96. The molecular formula is C18H15F3N2O3. The second-order valence-corrected chi connectivity index (χ2v) is 5.89. The van der Waals surface area contributed by atoms with Gasteiger partial charge >= 0.3 is 12.1 Å². The molecule has 0 saturated heterocycles. The van der Waals surface area contributed by atoms with Gasteiger partial charge in [-0.3, -0.25) is 9.78 Å². The van der Waals surface area contributed by atoms with E-state index < -0.39 is 35.2 Å². The minimum atomic E-state index is -4.65. The number of aryl methyl sites for hydroxylation is 1. The first-order valence-corrected chi connectivity index (χ1v) is 7.84. The van der Waals surface area contributed by atoms with Crippen LogP contribution >= 0.6 is 0 Å². The summed E-state index contributed by atoms with van der Waals surface area (Å²) >= 11 is 0. The second kappa shape index (κ2) is 6.78. The van der Waals surface area contributed by atoms with E-state index in [0.717, 1.165) is 24.0 Å². The van der Waals surface area contributed by atoms with Crippen LogP contribution in [0.1, 0.15) is 49.9 Å². The van der Waals surface area contributed by atoms with Crippen LogP contribution in [0.2, 0.25) is 0 Å². The van der Waals surface area contributed by atoms with Crippen LogP contribution in [-0.4, -0.2) is 24.0 Å². The van der Waals surface area contributed by atoms with E-state index in [1.165, 1.54) is 7.11 Å². The third-order valence-electron chi connectivity index (χ3n) is 4.32. The van der Waals surface area contributed by atoms with Crippen molar-refractivity contribution in [2.75, 3.05) is 7.11 Å². The Morgan fingerprint density at radius 3 is 2.73 bits per heavy atom. The Balaban J connectivity index is 1.87. The number of ether oxygens (including phenoxy) is 1. The standard InChI is InChI=1S/C18H15F3N2O3/c1-26-17(25)11-3-2-10-4-5-15(12(10)8-11)23-16(24)13-9-22-7-6-14(13)18(19,20)21/h2-3,6-9,15H,4-5H2,1H3,(H,23,24). The lowest BCUT2D eigenvalue weighted by molar-refractivity contribution is -0.138. The zero-order valence-electron chi connectivity index (χ0n) is 13.8. The Hall–Kier alpha value is -2.90. The molecule has 0 radical (unpaired) electrons. The number of alkyl halides is 3. The van der Waals surface area contributed by atoms with Crippen molar-refractivity contribution in [3.05, 3.63) is 64.5 Å². The lowest BCUT2D eigenvalue weighted by Gasteiger charge is -2.17. The van der Waals surface area contributed by atoms with Crippen molar-refractivity contribution >= 4 is 11.9 Å². The topological polar surface area (TPSA) is 68.3 Å². The van der Waals surface area contributed by atoms with Gasteiger partial charge in [-0.2, -0.15) is 13.2 Å². The normalized spacial score (nSPS) is 16.1. The fraction of sp³-hybridized carbons (Fsp3) is 0.278. The fourth-order valence-electron chi connectivity index (χ4n) is 3.06. The second-order valence-electron chi connectivity index (χ2n) is 5.89. The molecule has 1 aliphatic carbocycles. The molecule has 8 heteroatoms. The van der Waals surface area contributed by atoms with Crippen LogP contribution in [0, 0.1) is 0 Å². The molecule has 1 N–H and O–H groups in total. The number of fused-ring (bicyclic) bond motifs is 1. The van der Waals surface area contributed by atoms with Gasteiger partial charge < -0.3 is 10.1 Å². The lowest BCUT2D eigenvalue weighted by Crippen LogP contribution is -2.29. The quantitative estimate of drug-likeness (QED) is 0.849. The number of aromatic nitrogens is 1. The fourth-order valence-corrected chi connectivity index (χ4v) is 3.06. The number of pyridine rings is 1. The van der Waals surface area contributed by atoms with E-state index in [0.29, 0.717) is 24.0 Å². The predicted octanol–water partition coefficient (Wildman–Crippen LogP) is 3.30. The predicted molar refractivity (Wildman–Crippen MR) is 85.5 cm³/mol. The molecule has 26 heavy (non-hydrogen) atoms. The average molecular weight is 364 g/mol. The van der Waals surface area contributed by atoms with E-state index in [1.807, 2.05) is 0 Å². The summed E-state index contributed by atoms with van der Waals surface area (Å²) in [7, 11) is 1.26. The van der Waals surface area contributed by atoms with E-state index in [4.69, 9.17) is 0 Å². The molecule has 1 atom stereocenters. The number of carbonyl (C=O) groups is 2. The number of carbonyl (C=O) groups excluding carboxylic acids is 2. The van der Waals surface area contributed by atoms with Crippen LogP contribution < -0.4 is 5.32 Å². The van der Waals surface area contributed by atoms with Gasteiger partial charge in [0.2, 0.25) is 0 Å². The molecule has 3 rings (SSSR count). The number of nitrogens with zero attached hydrogens (tertiary/aromatic N) is 1. The van der Waals surface area contributed by atoms with Crippen molar-refractivity contribution in [1.29, 1.82) is 0 Å². The smallest absolute Gasteiger partial charge is 0.417 e. The number of methoxy groups -OCH3 is 1. The number of benzene rings is 1. The first-order chi connectivity index (χ1) is 12.3. The van der Waals surface area contributed by atoms with Crippen LogP contribution in [-0.2, 0) is 17.3 Å². The molecule has 0 aliphatic heterocycles. The number of hydrogen-bond donors (Lipinski definition) is 1. The van der Waals surface area contributed by atoms with Crippen molar-refractivity contribution in [1.82, 2.24) is 10.3 Å². The number of hydrogen-bond acceptors (Lipinski definition) is 4. The maximum Gasteiger partial charge on any atom is 0.417 e. The third kappa shape index (κ3) is 3.40. The van der Waals surface area contributed by atoms with E-state index >= 15 is 0 Å². The number of nitrogens with one attached hydrogen (secondary N) is 1. The van der Waals surface area contributed by atoms with Gasteiger partial charge in [0, 0.05) is 12.4 Å². The van der Waals surface area contributed by atoms with Gasteiger partial charge in [0.05, 0.1) is 29.8 Å². The van der Waals surface area contributed by atoms with Crippen molar-refractivity contribution in [3.63, 3.8) is 0 Å². The third-order valence-corrected chi connectivity index (χ3v) is 4.32. The van der Waals surface area contributed by atoms with Crippen LogP contribution in [0.5, 0.6) is 0 Å². The minimum absolute atomic E-state index is 0.324. The summed E-state index contributed by atoms with van der Waals surface area (Å²) in [5.74, 6) is -1.37. The zero-order valence-corrected chi connectivity index (χ0v) is 13.8. The highest BCUT2D eigenvalue weighted by Crippen LogP contribution is 2.34. The Kier molecular flexibility index (Phi) is 4.67. The van der Waals surface area contributed by atoms with Crippen molar-refractivity contribution in [2.24, 2.45) is 0 Å². The Morgan fingerprint density at radius 1 is 1.27 bits per heavy atom. The molecule has 0 fully saturated rings. The molecule has 1 aliphatic rings. The van der Waals surface area contributed by atoms with E-state index in [-0.39, 0.29) is 0 Å². The Morgan fingerprint density at radius 2 is 2.04 bits per heavy atom. The monoisotopic (exact) mass is 364 g/mol. The molecule has 1 heterocycles. The largest absolute Gasteiger partial charge is 0.465 e. The number of amides is 1. The van der Waals surface area contributed by atoms with Crippen LogP contribution in [0.4, 0.5) is 13.2 Å². The van der Waals surface area contributed by atoms with Gasteiger partial charge in [0.25, 0.3) is 5.91 Å². The molecule has 0 saturated carbocycles. The van der Waals surface area contributed by atoms with Crippen LogP contribution in [0.3, 0.4) is 0 Å². The van der Waals surface area contributed by atoms with E-state index in [2.05, 4.69) is 15.0 Å². The summed E-state index contributed by atoms with van der Waals surface area (Å²) in [4.78, 5) is 27.7. The molecule has 1 amide bonds. The van der Waals surface area contributed by atoms with Gasteiger partial charge in [0.1, 0.15) is 0 Å². The van der Waals surface area contributed by atoms with Gasteiger partial charge in [-0.05, 0) is 42.2 Å². The van der Waals surface area contributed by atoms with Gasteiger partial charge in [0.15, 0.2) is 0 Å². The number of halogens is 3. The number of esters is 1. The lowest BCUT2D eigenvalue weighted by atomic mass is 10.0. The zero-order chi connectivity index (χ0) is 18.9. The first kappa shape index (κ1) is 17.9. The average Bonchev–Trinajstić information content (AvgIpc) is 3.02. The molecule has 0 bridgehead atoms. The maximum atomic E-state index is 13.1. The van der Waals surface area contributed by atoms with E-state index in [1.54, 1.807) is 18.2 Å². The Bertz CT molecular complexity index is 865. The summed E-state index contributed by atoms with van der Waals surface area (Å²) in [6.45, 7) is 0. The van der Waals surface area contributed by atoms with Gasteiger partial charge in [-0.15, -0.1) is 0 Å². The maximum absolute atomic E-state index is 13.1. The number of rotatable bonds is 3. The SMILES string of the molecule is COC(=O)c1ccc2c(c1)C(NC(=O)c1cnccc1C(F)(F)F)CC2. The summed E-state index contributed by atoms with van der Waals surface area (Å²) in [6, 6.07) is 5.28. The summed E-state index contributed by atoms with van der Waals surface area (Å²) in [6.07, 6.45) is -1.57. The first-order valence-electron chi connectivity index (χ1n) is 7.84. The minimum Gasteiger partial charge on any atom is -0.465 e. The van der Waals surface area contributed by atoms with Crippen molar-refractivity contribution in [2.45, 2.75) is 25.1 Å². The molecular weight excluding hydrogens is 349 g/mol. The van der Waals surface area contributed by atoms with Gasteiger partial charge in [-0.1, -0.05) is 6.07 Å². The molecule has 1 unspecified atom stereocenters. The molecule has 1 aromatic heterocycles. The summed E-state index contributed by atoms with van der Waals surface area (Å²) in [5.41, 5.74) is 0.401. The van der Waals surface area contributed by atoms with Gasteiger partial charge in [-0.25, -0.2) is 4.79 Å². The molecule has 136 valence electrons. The molecule has 1 aromatic carbocycles. The van der Waals surface area contributed by atoms with Crippen molar-refractivity contribution in [3.8, 4) is 0 Å². The Labute approximate surface area is 147 Å². The van der Waals surface area contributed by atoms with Crippen molar-refractivity contribution < 1.29 is 27.5 Å². The highest BCUT2D eigenvalue weighted by Gasteiger charge is 2.36. The molecule has 0 spiro atoms. The molecule has 5 nitrogen and oxygen atoms in total. The summed E-state index contributed by atoms with van der Waals surface area (Å²) in [5, 5.41) is 2.62. The van der Waals surface area contributed by atoms with E-state index in [9.17, 15) is 22.8 Å². The van der Waals surface area contributed by atoms with Crippen LogP contribution in [0.15, 0.2) is 36.7 Å². The summed E-state index contributed by atoms with van der Waals surface area (Å²) < 4.78 is 43.9. The van der Waals surface area contributed by atoms with Crippen LogP contribution in [0.25, 0.3) is 0 Å². The molecule has 2 aromatic rings. The highest BCUT2D eigenvalue weighted by atomic mass is 19.4.